The molecule has 1 atom stereocenters. The van der Waals surface area contributed by atoms with E-state index in [4.69, 9.17) is 9.47 Å². The Bertz CT molecular complexity index is 1760. The standard InChI is InChI=1S/C33H28N2O7S/c1-4-16-41-32(40)30-20(3)34-33(43-30)35-27(22-10-7-11-24(36)17-22)26(29(38)31(35)39)28(37)21-12-14-25(15-13-21)42-18-23-9-6-5-8-19(23)2/h4-15,17,27,36-37H,1,16,18H2,2-3H3. The fourth-order valence-corrected chi connectivity index (χ4v) is 5.70. The van der Waals surface area contributed by atoms with Crippen molar-refractivity contribution in [3.8, 4) is 11.5 Å². The van der Waals surface area contributed by atoms with Gasteiger partial charge < -0.3 is 19.7 Å². The molecule has 0 bridgehead atoms. The van der Waals surface area contributed by atoms with Crippen LogP contribution in [0.4, 0.5) is 5.13 Å². The third-order valence-electron chi connectivity index (χ3n) is 6.92. The number of thiazole rings is 1. The summed E-state index contributed by atoms with van der Waals surface area (Å²) in [5.41, 5.74) is 2.91. The molecule has 9 nitrogen and oxygen atoms in total. The van der Waals surface area contributed by atoms with E-state index in [1.807, 2.05) is 31.2 Å². The number of hydrogen-bond donors (Lipinski definition) is 2. The molecule has 10 heteroatoms. The number of anilines is 1. The maximum absolute atomic E-state index is 13.5. The summed E-state index contributed by atoms with van der Waals surface area (Å²) in [7, 11) is 0. The third-order valence-corrected chi connectivity index (χ3v) is 8.06. The summed E-state index contributed by atoms with van der Waals surface area (Å²) in [4.78, 5) is 45.2. The highest BCUT2D eigenvalue weighted by Gasteiger charge is 2.48. The molecule has 218 valence electrons. The number of aryl methyl sites for hydroxylation is 2. The number of aromatic nitrogens is 1. The van der Waals surface area contributed by atoms with Crippen LogP contribution < -0.4 is 9.64 Å². The summed E-state index contributed by atoms with van der Waals surface area (Å²) in [5.74, 6) is -2.46. The maximum Gasteiger partial charge on any atom is 0.350 e. The lowest BCUT2D eigenvalue weighted by molar-refractivity contribution is -0.132. The Morgan fingerprint density at radius 1 is 1.07 bits per heavy atom. The van der Waals surface area contributed by atoms with Crippen molar-refractivity contribution in [3.63, 3.8) is 0 Å². The Morgan fingerprint density at radius 3 is 2.51 bits per heavy atom. The molecular formula is C33H28N2O7S. The first-order valence-electron chi connectivity index (χ1n) is 13.3. The first-order chi connectivity index (χ1) is 20.7. The SMILES string of the molecule is C=CCOC(=O)c1sc(N2C(=O)C(=O)C(=C(O)c3ccc(OCc4ccccc4C)cc3)C2c2cccc(O)c2)nc1C. The summed E-state index contributed by atoms with van der Waals surface area (Å²) in [5, 5.41) is 21.7. The van der Waals surface area contributed by atoms with Gasteiger partial charge in [-0.3, -0.25) is 14.5 Å². The van der Waals surface area contributed by atoms with E-state index in [2.05, 4.69) is 11.6 Å². The molecule has 1 unspecified atom stereocenters. The Hall–Kier alpha value is -5.22. The predicted molar refractivity (Wildman–Crippen MR) is 162 cm³/mol. The van der Waals surface area contributed by atoms with Gasteiger partial charge in [-0.1, -0.05) is 60.4 Å². The molecule has 2 heterocycles. The zero-order valence-corrected chi connectivity index (χ0v) is 24.3. The molecule has 0 spiro atoms. The van der Waals surface area contributed by atoms with E-state index in [9.17, 15) is 24.6 Å². The zero-order chi connectivity index (χ0) is 30.7. The van der Waals surface area contributed by atoms with Gasteiger partial charge in [-0.25, -0.2) is 9.78 Å². The Balaban J connectivity index is 1.52. The number of Topliss-reactive ketones (excluding diaryl/α,β-unsaturated/α-hetero) is 1. The summed E-state index contributed by atoms with van der Waals surface area (Å²) in [6, 6.07) is 19.3. The van der Waals surface area contributed by atoms with Crippen LogP contribution in [0.25, 0.3) is 5.76 Å². The molecule has 1 aliphatic heterocycles. The van der Waals surface area contributed by atoms with Crippen molar-refractivity contribution < 1.29 is 34.1 Å². The lowest BCUT2D eigenvalue weighted by Gasteiger charge is -2.23. The van der Waals surface area contributed by atoms with Crippen molar-refractivity contribution in [1.82, 2.24) is 4.98 Å². The number of aliphatic hydroxyl groups excluding tert-OH is 1. The fraction of sp³-hybridized carbons (Fsp3) is 0.152. The van der Waals surface area contributed by atoms with E-state index >= 15 is 0 Å². The lowest BCUT2D eigenvalue weighted by Crippen LogP contribution is -2.29. The molecule has 1 aromatic heterocycles. The Morgan fingerprint density at radius 2 is 1.81 bits per heavy atom. The van der Waals surface area contributed by atoms with Crippen molar-refractivity contribution in [3.05, 3.63) is 124 Å². The highest BCUT2D eigenvalue weighted by molar-refractivity contribution is 7.17. The normalized spacial score (nSPS) is 15.9. The first-order valence-corrected chi connectivity index (χ1v) is 14.1. The molecule has 0 radical (unpaired) electrons. The van der Waals surface area contributed by atoms with Gasteiger partial charge in [0.25, 0.3) is 5.78 Å². The number of carbonyl (C=O) groups is 3. The van der Waals surface area contributed by atoms with Crippen LogP contribution in [0, 0.1) is 13.8 Å². The monoisotopic (exact) mass is 596 g/mol. The Labute approximate surface area is 252 Å². The van der Waals surface area contributed by atoms with Crippen molar-refractivity contribution >= 4 is 39.9 Å². The van der Waals surface area contributed by atoms with E-state index in [1.54, 1.807) is 43.3 Å². The molecule has 1 fully saturated rings. The highest BCUT2D eigenvalue weighted by atomic mass is 32.1. The summed E-state index contributed by atoms with van der Waals surface area (Å²) < 4.78 is 11.0. The van der Waals surface area contributed by atoms with E-state index in [1.165, 1.54) is 18.2 Å². The molecule has 2 N–H and O–H groups in total. The number of benzene rings is 3. The first kappa shape index (κ1) is 29.3. The maximum atomic E-state index is 13.5. The number of rotatable bonds is 9. The predicted octanol–water partition coefficient (Wildman–Crippen LogP) is 6.01. The van der Waals surface area contributed by atoms with Gasteiger partial charge in [-0.05, 0) is 66.9 Å². The van der Waals surface area contributed by atoms with Crippen LogP contribution in [-0.4, -0.2) is 39.5 Å². The van der Waals surface area contributed by atoms with Crippen molar-refractivity contribution in [1.29, 1.82) is 0 Å². The van der Waals surface area contributed by atoms with E-state index in [0.29, 0.717) is 23.6 Å². The van der Waals surface area contributed by atoms with Gasteiger partial charge in [0.1, 0.15) is 35.3 Å². The second-order valence-electron chi connectivity index (χ2n) is 9.80. The molecule has 5 rings (SSSR count). The minimum atomic E-state index is -1.13. The second-order valence-corrected chi connectivity index (χ2v) is 10.8. The molecule has 1 amide bonds. The molecule has 43 heavy (non-hydrogen) atoms. The summed E-state index contributed by atoms with van der Waals surface area (Å²) >= 11 is 0.889. The second kappa shape index (κ2) is 12.3. The zero-order valence-electron chi connectivity index (χ0n) is 23.4. The smallest absolute Gasteiger partial charge is 0.350 e. The van der Waals surface area contributed by atoms with E-state index in [-0.39, 0.29) is 33.5 Å². The van der Waals surface area contributed by atoms with E-state index in [0.717, 1.165) is 27.4 Å². The lowest BCUT2D eigenvalue weighted by atomic mass is 9.95. The molecule has 1 aliphatic rings. The average molecular weight is 597 g/mol. The van der Waals surface area contributed by atoms with Gasteiger partial charge in [0.2, 0.25) is 0 Å². The number of aromatic hydroxyl groups is 1. The summed E-state index contributed by atoms with van der Waals surface area (Å²) in [6.45, 7) is 7.47. The molecule has 4 aromatic rings. The van der Waals surface area contributed by atoms with Crippen LogP contribution in [0.3, 0.4) is 0 Å². The third kappa shape index (κ3) is 5.91. The van der Waals surface area contributed by atoms with Crippen molar-refractivity contribution in [2.45, 2.75) is 26.5 Å². The number of ketones is 1. The highest BCUT2D eigenvalue weighted by Crippen LogP contribution is 2.44. The summed E-state index contributed by atoms with van der Waals surface area (Å²) in [6.07, 6.45) is 1.43. The molecule has 1 saturated heterocycles. The van der Waals surface area contributed by atoms with Crippen LogP contribution in [-0.2, 0) is 20.9 Å². The van der Waals surface area contributed by atoms with Crippen LogP contribution in [0.1, 0.15) is 43.7 Å². The number of esters is 1. The number of aliphatic hydroxyl groups is 1. The largest absolute Gasteiger partial charge is 0.508 e. The average Bonchev–Trinajstić information content (AvgIpc) is 3.51. The molecular weight excluding hydrogens is 568 g/mol. The number of phenolic OH excluding ortho intramolecular Hbond substituents is 1. The number of hydrogen-bond acceptors (Lipinski definition) is 9. The molecule has 0 aliphatic carbocycles. The van der Waals surface area contributed by atoms with Crippen LogP contribution in [0.15, 0.2) is 91.0 Å². The van der Waals surface area contributed by atoms with Gasteiger partial charge in [0.05, 0.1) is 17.3 Å². The van der Waals surface area contributed by atoms with Gasteiger partial charge in [0, 0.05) is 5.56 Å². The number of nitrogens with zero attached hydrogens (tertiary/aromatic N) is 2. The van der Waals surface area contributed by atoms with Crippen molar-refractivity contribution in [2.24, 2.45) is 0 Å². The quantitative estimate of drug-likeness (QED) is 0.0791. The minimum absolute atomic E-state index is 0.00492. The number of amides is 1. The number of carbonyl (C=O) groups excluding carboxylic acids is 3. The van der Waals surface area contributed by atoms with E-state index < -0.39 is 29.5 Å². The fourth-order valence-electron chi connectivity index (χ4n) is 4.71. The van der Waals surface area contributed by atoms with Gasteiger partial charge in [0.15, 0.2) is 5.13 Å². The molecule has 3 aromatic carbocycles. The van der Waals surface area contributed by atoms with Gasteiger partial charge in [-0.15, -0.1) is 0 Å². The molecule has 0 saturated carbocycles. The minimum Gasteiger partial charge on any atom is -0.508 e. The Kier molecular flexibility index (Phi) is 8.40. The van der Waals surface area contributed by atoms with Crippen LogP contribution in [0.2, 0.25) is 0 Å². The van der Waals surface area contributed by atoms with Gasteiger partial charge in [-0.2, -0.15) is 0 Å². The van der Waals surface area contributed by atoms with Crippen molar-refractivity contribution in [2.75, 3.05) is 11.5 Å². The topological polar surface area (TPSA) is 126 Å². The van der Waals surface area contributed by atoms with Gasteiger partial charge >= 0.3 is 11.9 Å². The van der Waals surface area contributed by atoms with Crippen LogP contribution >= 0.6 is 11.3 Å². The van der Waals surface area contributed by atoms with Crippen LogP contribution in [0.5, 0.6) is 11.5 Å². The number of phenols is 1. The number of ether oxygens (including phenoxy) is 2.